The standard InChI is InChI=1S/C10H20N4O2/c1-3-12-10(16)13-9(15)7-14-5-4-8(6-14)11-2/h8,11H,3-7H2,1-2H3,(H2,12,13,15,16). The van der Waals surface area contributed by atoms with Gasteiger partial charge in [0.2, 0.25) is 5.91 Å². The summed E-state index contributed by atoms with van der Waals surface area (Å²) in [6.07, 6.45) is 1.05. The van der Waals surface area contributed by atoms with Crippen LogP contribution in [0.4, 0.5) is 4.79 Å². The zero-order chi connectivity index (χ0) is 12.0. The van der Waals surface area contributed by atoms with Crippen LogP contribution in [0.5, 0.6) is 0 Å². The van der Waals surface area contributed by atoms with E-state index in [4.69, 9.17) is 0 Å². The van der Waals surface area contributed by atoms with Crippen molar-refractivity contribution in [3.8, 4) is 0 Å². The number of carbonyl (C=O) groups excluding carboxylic acids is 2. The molecule has 6 nitrogen and oxygen atoms in total. The Kier molecular flexibility index (Phi) is 5.21. The average molecular weight is 228 g/mol. The Morgan fingerprint density at radius 1 is 1.44 bits per heavy atom. The molecule has 1 atom stereocenters. The van der Waals surface area contributed by atoms with Gasteiger partial charge in [-0.3, -0.25) is 15.0 Å². The summed E-state index contributed by atoms with van der Waals surface area (Å²) in [5, 5.41) is 7.98. The molecule has 92 valence electrons. The lowest BCUT2D eigenvalue weighted by molar-refractivity contribution is -0.120. The lowest BCUT2D eigenvalue weighted by atomic mass is 10.3. The molecule has 1 aliphatic rings. The van der Waals surface area contributed by atoms with Gasteiger partial charge in [-0.2, -0.15) is 0 Å². The first-order valence-electron chi connectivity index (χ1n) is 5.63. The fourth-order valence-electron chi connectivity index (χ4n) is 1.79. The SMILES string of the molecule is CCNC(=O)NC(=O)CN1CCC(NC)C1. The molecule has 0 aliphatic carbocycles. The maximum absolute atomic E-state index is 11.4. The molecule has 0 radical (unpaired) electrons. The summed E-state index contributed by atoms with van der Waals surface area (Å²) in [4.78, 5) is 24.6. The second kappa shape index (κ2) is 6.44. The van der Waals surface area contributed by atoms with E-state index in [-0.39, 0.29) is 12.5 Å². The van der Waals surface area contributed by atoms with E-state index in [1.165, 1.54) is 0 Å². The molecule has 0 aromatic carbocycles. The molecule has 1 rings (SSSR count). The first kappa shape index (κ1) is 12.9. The van der Waals surface area contributed by atoms with Crippen LogP contribution in [-0.2, 0) is 4.79 Å². The van der Waals surface area contributed by atoms with E-state index in [1.807, 2.05) is 18.9 Å². The van der Waals surface area contributed by atoms with Crippen LogP contribution in [-0.4, -0.2) is 56.1 Å². The third-order valence-corrected chi connectivity index (χ3v) is 2.64. The highest BCUT2D eigenvalue weighted by Crippen LogP contribution is 2.07. The summed E-state index contributed by atoms with van der Waals surface area (Å²) in [7, 11) is 1.92. The van der Waals surface area contributed by atoms with Crippen molar-refractivity contribution in [2.24, 2.45) is 0 Å². The molecule has 0 saturated carbocycles. The van der Waals surface area contributed by atoms with Crippen molar-refractivity contribution in [1.82, 2.24) is 20.9 Å². The Bertz CT molecular complexity index is 257. The van der Waals surface area contributed by atoms with Gasteiger partial charge in [-0.15, -0.1) is 0 Å². The van der Waals surface area contributed by atoms with Gasteiger partial charge in [0.25, 0.3) is 0 Å². The van der Waals surface area contributed by atoms with Crippen LogP contribution in [0.1, 0.15) is 13.3 Å². The van der Waals surface area contributed by atoms with Crippen molar-refractivity contribution in [2.45, 2.75) is 19.4 Å². The molecule has 6 heteroatoms. The van der Waals surface area contributed by atoms with Crippen LogP contribution in [0.3, 0.4) is 0 Å². The number of likely N-dealkylation sites (tertiary alicyclic amines) is 1. The van der Waals surface area contributed by atoms with Gasteiger partial charge in [-0.05, 0) is 20.4 Å². The largest absolute Gasteiger partial charge is 0.338 e. The predicted molar refractivity (Wildman–Crippen MR) is 61.1 cm³/mol. The van der Waals surface area contributed by atoms with Crippen LogP contribution in [0.25, 0.3) is 0 Å². The molecule has 0 spiro atoms. The average Bonchev–Trinajstić information content (AvgIpc) is 2.65. The van der Waals surface area contributed by atoms with E-state index in [2.05, 4.69) is 16.0 Å². The van der Waals surface area contributed by atoms with Crippen LogP contribution in [0, 0.1) is 0 Å². The molecular weight excluding hydrogens is 208 g/mol. The minimum absolute atomic E-state index is 0.247. The van der Waals surface area contributed by atoms with Crippen molar-refractivity contribution >= 4 is 11.9 Å². The summed E-state index contributed by atoms with van der Waals surface area (Å²) in [5.74, 6) is -0.247. The van der Waals surface area contributed by atoms with Crippen molar-refractivity contribution in [3.05, 3.63) is 0 Å². The number of imide groups is 1. The van der Waals surface area contributed by atoms with Gasteiger partial charge in [0.05, 0.1) is 6.54 Å². The van der Waals surface area contributed by atoms with E-state index < -0.39 is 6.03 Å². The molecule has 0 bridgehead atoms. The van der Waals surface area contributed by atoms with Crippen LogP contribution < -0.4 is 16.0 Å². The van der Waals surface area contributed by atoms with Crippen LogP contribution >= 0.6 is 0 Å². The normalized spacial score (nSPS) is 20.8. The van der Waals surface area contributed by atoms with Crippen LogP contribution in [0.15, 0.2) is 0 Å². The number of likely N-dealkylation sites (N-methyl/N-ethyl adjacent to an activating group) is 1. The highest BCUT2D eigenvalue weighted by molar-refractivity contribution is 5.95. The van der Waals surface area contributed by atoms with Crippen molar-refractivity contribution in [2.75, 3.05) is 33.2 Å². The topological polar surface area (TPSA) is 73.5 Å². The summed E-state index contributed by atoms with van der Waals surface area (Å²) >= 11 is 0. The molecule has 1 fully saturated rings. The van der Waals surface area contributed by atoms with Crippen molar-refractivity contribution in [1.29, 1.82) is 0 Å². The zero-order valence-corrected chi connectivity index (χ0v) is 9.88. The zero-order valence-electron chi connectivity index (χ0n) is 9.88. The molecular formula is C10H20N4O2. The number of urea groups is 1. The van der Waals surface area contributed by atoms with Gasteiger partial charge in [-0.1, -0.05) is 0 Å². The lowest BCUT2D eigenvalue weighted by Gasteiger charge is -2.14. The van der Waals surface area contributed by atoms with Gasteiger partial charge in [0, 0.05) is 25.7 Å². The summed E-state index contributed by atoms with van der Waals surface area (Å²) in [6.45, 7) is 4.37. The quantitative estimate of drug-likeness (QED) is 0.584. The molecule has 1 saturated heterocycles. The number of nitrogens with zero attached hydrogens (tertiary/aromatic N) is 1. The Morgan fingerprint density at radius 2 is 2.19 bits per heavy atom. The first-order chi connectivity index (χ1) is 7.65. The van der Waals surface area contributed by atoms with Gasteiger partial charge >= 0.3 is 6.03 Å². The number of rotatable bonds is 4. The van der Waals surface area contributed by atoms with E-state index in [0.717, 1.165) is 19.5 Å². The summed E-state index contributed by atoms with van der Waals surface area (Å²) in [6, 6.07) is 0.0362. The minimum atomic E-state index is -0.420. The number of nitrogens with one attached hydrogen (secondary N) is 3. The van der Waals surface area contributed by atoms with Gasteiger partial charge < -0.3 is 10.6 Å². The molecule has 0 aromatic rings. The van der Waals surface area contributed by atoms with Gasteiger partial charge in [0.15, 0.2) is 0 Å². The Balaban J connectivity index is 2.22. The second-order valence-electron chi connectivity index (χ2n) is 3.92. The van der Waals surface area contributed by atoms with E-state index in [9.17, 15) is 9.59 Å². The number of carbonyl (C=O) groups is 2. The first-order valence-corrected chi connectivity index (χ1v) is 5.63. The molecule has 1 heterocycles. The van der Waals surface area contributed by atoms with Gasteiger partial charge in [0.1, 0.15) is 0 Å². The minimum Gasteiger partial charge on any atom is -0.338 e. The highest BCUT2D eigenvalue weighted by atomic mass is 16.2. The highest BCUT2D eigenvalue weighted by Gasteiger charge is 2.22. The lowest BCUT2D eigenvalue weighted by Crippen LogP contribution is -2.44. The number of amides is 3. The Hall–Kier alpha value is -1.14. The van der Waals surface area contributed by atoms with Crippen molar-refractivity contribution in [3.63, 3.8) is 0 Å². The molecule has 3 N–H and O–H groups in total. The molecule has 1 aliphatic heterocycles. The smallest absolute Gasteiger partial charge is 0.321 e. The number of hydrogen-bond acceptors (Lipinski definition) is 4. The summed E-state index contributed by atoms with van der Waals surface area (Å²) in [5.41, 5.74) is 0. The predicted octanol–water partition coefficient (Wildman–Crippen LogP) is -0.874. The van der Waals surface area contributed by atoms with E-state index >= 15 is 0 Å². The Morgan fingerprint density at radius 3 is 2.75 bits per heavy atom. The fourth-order valence-corrected chi connectivity index (χ4v) is 1.79. The second-order valence-corrected chi connectivity index (χ2v) is 3.92. The monoisotopic (exact) mass is 228 g/mol. The van der Waals surface area contributed by atoms with E-state index in [1.54, 1.807) is 0 Å². The van der Waals surface area contributed by atoms with Crippen molar-refractivity contribution < 1.29 is 9.59 Å². The third kappa shape index (κ3) is 4.16. The Labute approximate surface area is 95.8 Å². The van der Waals surface area contributed by atoms with Gasteiger partial charge in [-0.25, -0.2) is 4.79 Å². The maximum Gasteiger partial charge on any atom is 0.321 e. The van der Waals surface area contributed by atoms with E-state index in [0.29, 0.717) is 12.6 Å². The third-order valence-electron chi connectivity index (χ3n) is 2.64. The molecule has 3 amide bonds. The molecule has 0 aromatic heterocycles. The van der Waals surface area contributed by atoms with Crippen LogP contribution in [0.2, 0.25) is 0 Å². The number of hydrogen-bond donors (Lipinski definition) is 3. The maximum atomic E-state index is 11.4. The fraction of sp³-hybridized carbons (Fsp3) is 0.800. The molecule has 16 heavy (non-hydrogen) atoms. The summed E-state index contributed by atoms with van der Waals surface area (Å²) < 4.78 is 0. The molecule has 1 unspecified atom stereocenters.